The highest BCUT2D eigenvalue weighted by Gasteiger charge is 2.14. The van der Waals surface area contributed by atoms with Gasteiger partial charge in [0.25, 0.3) is 0 Å². The number of hydrogen-bond donors (Lipinski definition) is 1. The summed E-state index contributed by atoms with van der Waals surface area (Å²) < 4.78 is 0. The molecule has 0 saturated heterocycles. The largest absolute Gasteiger partial charge is 0.314 e. The van der Waals surface area contributed by atoms with Crippen molar-refractivity contribution in [1.82, 2.24) is 5.32 Å². The summed E-state index contributed by atoms with van der Waals surface area (Å²) in [6.45, 7) is 12.8. The minimum Gasteiger partial charge on any atom is -0.314 e. The maximum Gasteiger partial charge on any atom is 0.00672 e. The van der Waals surface area contributed by atoms with Crippen molar-refractivity contribution in [2.75, 3.05) is 6.54 Å². The average molecular weight is 270 g/mol. The van der Waals surface area contributed by atoms with E-state index in [1.54, 1.807) is 0 Å². The molecule has 0 radical (unpaired) electrons. The Hall–Kier alpha value is -0.0400. The molecule has 0 fully saturated rings. The van der Waals surface area contributed by atoms with Crippen molar-refractivity contribution >= 4 is 0 Å². The van der Waals surface area contributed by atoms with E-state index in [-0.39, 0.29) is 0 Å². The van der Waals surface area contributed by atoms with E-state index < -0.39 is 0 Å². The third kappa shape index (κ3) is 14.2. The quantitative estimate of drug-likeness (QED) is 0.433. The average Bonchev–Trinajstić information content (AvgIpc) is 2.34. The molecule has 116 valence electrons. The highest BCUT2D eigenvalue weighted by Crippen LogP contribution is 2.23. The first-order chi connectivity index (χ1) is 8.99. The van der Waals surface area contributed by atoms with Gasteiger partial charge in [-0.1, -0.05) is 73.1 Å². The second-order valence-corrected chi connectivity index (χ2v) is 7.31. The summed E-state index contributed by atoms with van der Waals surface area (Å²) >= 11 is 0. The molecule has 0 aliphatic rings. The first-order valence-corrected chi connectivity index (χ1v) is 8.73. The molecule has 0 aliphatic carbocycles. The Labute approximate surface area is 122 Å². The van der Waals surface area contributed by atoms with Crippen molar-refractivity contribution in [3.05, 3.63) is 0 Å². The van der Waals surface area contributed by atoms with E-state index in [4.69, 9.17) is 0 Å². The highest BCUT2D eigenvalue weighted by molar-refractivity contribution is 4.71. The van der Waals surface area contributed by atoms with Gasteiger partial charge < -0.3 is 5.32 Å². The monoisotopic (exact) mass is 269 g/mol. The molecule has 1 N–H and O–H groups in total. The zero-order valence-electron chi connectivity index (χ0n) is 14.4. The van der Waals surface area contributed by atoms with Crippen LogP contribution in [0.3, 0.4) is 0 Å². The molecule has 0 bridgehead atoms. The number of nitrogens with one attached hydrogen (secondary N) is 1. The Morgan fingerprint density at radius 2 is 1.42 bits per heavy atom. The predicted octanol–water partition coefficient (Wildman–Crippen LogP) is 5.93. The van der Waals surface area contributed by atoms with Gasteiger partial charge >= 0.3 is 0 Å². The van der Waals surface area contributed by atoms with Crippen LogP contribution < -0.4 is 5.32 Å². The Balaban J connectivity index is 3.73. The van der Waals surface area contributed by atoms with Crippen LogP contribution in [0.15, 0.2) is 0 Å². The maximum absolute atomic E-state index is 3.74. The molecule has 0 spiro atoms. The summed E-state index contributed by atoms with van der Waals surface area (Å²) in [5, 5.41) is 3.74. The Morgan fingerprint density at radius 3 is 2.00 bits per heavy atom. The van der Waals surface area contributed by atoms with E-state index in [0.29, 0.717) is 5.41 Å². The van der Waals surface area contributed by atoms with E-state index >= 15 is 0 Å². The fourth-order valence-corrected chi connectivity index (χ4v) is 2.48. The fourth-order valence-electron chi connectivity index (χ4n) is 2.48. The molecule has 0 aliphatic heterocycles. The van der Waals surface area contributed by atoms with Gasteiger partial charge in [0.1, 0.15) is 0 Å². The summed E-state index contributed by atoms with van der Waals surface area (Å²) in [6.07, 6.45) is 13.8. The van der Waals surface area contributed by atoms with Gasteiger partial charge in [-0.25, -0.2) is 0 Å². The van der Waals surface area contributed by atoms with E-state index in [1.807, 2.05) is 0 Å². The van der Waals surface area contributed by atoms with Gasteiger partial charge in [0, 0.05) is 6.04 Å². The minimum absolute atomic E-state index is 0.479. The Bertz CT molecular complexity index is 181. The van der Waals surface area contributed by atoms with Crippen molar-refractivity contribution in [2.24, 2.45) is 5.41 Å². The van der Waals surface area contributed by atoms with Crippen molar-refractivity contribution in [3.63, 3.8) is 0 Å². The molecule has 1 atom stereocenters. The second kappa shape index (κ2) is 11.8. The van der Waals surface area contributed by atoms with Crippen LogP contribution in [0, 0.1) is 5.41 Å². The van der Waals surface area contributed by atoms with Crippen LogP contribution in [0.5, 0.6) is 0 Å². The highest BCUT2D eigenvalue weighted by atomic mass is 14.9. The van der Waals surface area contributed by atoms with Crippen molar-refractivity contribution < 1.29 is 0 Å². The minimum atomic E-state index is 0.479. The Morgan fingerprint density at radius 1 is 0.789 bits per heavy atom. The Kier molecular flexibility index (Phi) is 11.7. The molecule has 19 heavy (non-hydrogen) atoms. The predicted molar refractivity (Wildman–Crippen MR) is 88.8 cm³/mol. The van der Waals surface area contributed by atoms with Crippen LogP contribution >= 0.6 is 0 Å². The molecule has 0 amide bonds. The lowest BCUT2D eigenvalue weighted by Gasteiger charge is -2.24. The van der Waals surface area contributed by atoms with E-state index in [1.165, 1.54) is 70.8 Å². The normalized spacial score (nSPS) is 13.7. The first-order valence-electron chi connectivity index (χ1n) is 8.73. The van der Waals surface area contributed by atoms with Crippen LogP contribution in [0.1, 0.15) is 98.8 Å². The third-order valence-corrected chi connectivity index (χ3v) is 3.83. The van der Waals surface area contributed by atoms with Gasteiger partial charge in [0.2, 0.25) is 0 Å². The lowest BCUT2D eigenvalue weighted by atomic mass is 9.87. The molecule has 0 rings (SSSR count). The lowest BCUT2D eigenvalue weighted by molar-refractivity contribution is 0.318. The van der Waals surface area contributed by atoms with Gasteiger partial charge in [0.05, 0.1) is 0 Å². The zero-order chi connectivity index (χ0) is 14.6. The second-order valence-electron chi connectivity index (χ2n) is 7.31. The SMILES string of the molecule is CCCCCCCCC(CCC(C)(C)C)NCCC. The molecule has 1 unspecified atom stereocenters. The molecule has 0 saturated carbocycles. The summed E-state index contributed by atoms with van der Waals surface area (Å²) in [7, 11) is 0. The molecule has 1 heteroatoms. The lowest BCUT2D eigenvalue weighted by Crippen LogP contribution is -2.30. The van der Waals surface area contributed by atoms with E-state index in [0.717, 1.165) is 6.04 Å². The van der Waals surface area contributed by atoms with Crippen molar-refractivity contribution in [1.29, 1.82) is 0 Å². The van der Waals surface area contributed by atoms with Crippen LogP contribution in [-0.2, 0) is 0 Å². The van der Waals surface area contributed by atoms with Gasteiger partial charge in [-0.05, 0) is 37.6 Å². The van der Waals surface area contributed by atoms with Crippen LogP contribution in [-0.4, -0.2) is 12.6 Å². The van der Waals surface area contributed by atoms with Crippen LogP contribution in [0.4, 0.5) is 0 Å². The maximum atomic E-state index is 3.74. The summed E-state index contributed by atoms with van der Waals surface area (Å²) in [4.78, 5) is 0. The van der Waals surface area contributed by atoms with Crippen LogP contribution in [0.2, 0.25) is 0 Å². The molecular formula is C18H39N. The van der Waals surface area contributed by atoms with Gasteiger partial charge in [0.15, 0.2) is 0 Å². The van der Waals surface area contributed by atoms with Crippen molar-refractivity contribution in [3.8, 4) is 0 Å². The number of unbranched alkanes of at least 4 members (excludes halogenated alkanes) is 5. The summed E-state index contributed by atoms with van der Waals surface area (Å²) in [5.74, 6) is 0. The molecular weight excluding hydrogens is 230 g/mol. The first kappa shape index (κ1) is 19.0. The van der Waals surface area contributed by atoms with Gasteiger partial charge in [-0.2, -0.15) is 0 Å². The summed E-state index contributed by atoms with van der Waals surface area (Å²) in [6, 6.07) is 0.755. The molecule has 0 heterocycles. The van der Waals surface area contributed by atoms with Crippen molar-refractivity contribution in [2.45, 2.75) is 105 Å². The van der Waals surface area contributed by atoms with Gasteiger partial charge in [-0.15, -0.1) is 0 Å². The standard InChI is InChI=1S/C18H39N/c1-6-8-9-10-11-12-13-17(19-16-7-2)14-15-18(3,4)5/h17,19H,6-16H2,1-5H3. The molecule has 0 aromatic rings. The van der Waals surface area contributed by atoms with Gasteiger partial charge in [-0.3, -0.25) is 0 Å². The fraction of sp³-hybridized carbons (Fsp3) is 1.00. The molecule has 0 aromatic heterocycles. The van der Waals surface area contributed by atoms with E-state index in [9.17, 15) is 0 Å². The smallest absolute Gasteiger partial charge is 0.00672 e. The number of rotatable bonds is 12. The van der Waals surface area contributed by atoms with Crippen LogP contribution in [0.25, 0.3) is 0 Å². The third-order valence-electron chi connectivity index (χ3n) is 3.83. The molecule has 1 nitrogen and oxygen atoms in total. The topological polar surface area (TPSA) is 12.0 Å². The molecule has 0 aromatic carbocycles. The van der Waals surface area contributed by atoms with E-state index in [2.05, 4.69) is 39.9 Å². The zero-order valence-corrected chi connectivity index (χ0v) is 14.4. The summed E-state index contributed by atoms with van der Waals surface area (Å²) in [5.41, 5.74) is 0.479. The number of hydrogen-bond acceptors (Lipinski definition) is 1.